The lowest BCUT2D eigenvalue weighted by atomic mass is 10.1. The number of carbonyl (C=O) groups excluding carboxylic acids is 1. The van der Waals surface area contributed by atoms with Gasteiger partial charge in [-0.3, -0.25) is 4.79 Å². The van der Waals surface area contributed by atoms with Crippen molar-refractivity contribution in [3.8, 4) is 10.6 Å². The van der Waals surface area contributed by atoms with Crippen LogP contribution in [-0.4, -0.2) is 34.8 Å². The van der Waals surface area contributed by atoms with E-state index in [0.717, 1.165) is 5.56 Å². The van der Waals surface area contributed by atoms with Gasteiger partial charge in [-0.1, -0.05) is 0 Å². The average molecular weight is 340 g/mol. The van der Waals surface area contributed by atoms with E-state index in [1.165, 1.54) is 28.4 Å². The van der Waals surface area contributed by atoms with Crippen LogP contribution in [0.1, 0.15) is 28.2 Å². The number of benzene rings is 1. The second kappa shape index (κ2) is 5.96. The topological polar surface area (TPSA) is 33.2 Å². The van der Waals surface area contributed by atoms with E-state index in [1.54, 1.807) is 19.1 Å². The van der Waals surface area contributed by atoms with Crippen molar-refractivity contribution in [3.05, 3.63) is 40.7 Å². The molecule has 0 aliphatic carbocycles. The molecule has 0 bridgehead atoms. The minimum Gasteiger partial charge on any atom is -0.337 e. The van der Waals surface area contributed by atoms with Gasteiger partial charge in [-0.15, -0.1) is 11.3 Å². The lowest BCUT2D eigenvalue weighted by Crippen LogP contribution is -2.42. The lowest BCUT2D eigenvalue weighted by molar-refractivity contribution is -0.0493. The molecular formula is C16H15F3N2OS. The second-order valence-electron chi connectivity index (χ2n) is 5.59. The predicted octanol–water partition coefficient (Wildman–Crippen LogP) is 4.13. The fourth-order valence-electron chi connectivity index (χ4n) is 2.49. The molecule has 1 aromatic carbocycles. The van der Waals surface area contributed by atoms with Crippen LogP contribution in [0.4, 0.5) is 13.2 Å². The first kappa shape index (κ1) is 16.0. The van der Waals surface area contributed by atoms with E-state index in [-0.39, 0.29) is 37.7 Å². The van der Waals surface area contributed by atoms with Crippen molar-refractivity contribution < 1.29 is 18.0 Å². The van der Waals surface area contributed by atoms with Gasteiger partial charge in [0.15, 0.2) is 0 Å². The Morgan fingerprint density at radius 3 is 2.43 bits per heavy atom. The molecule has 0 unspecified atom stereocenters. The summed E-state index contributed by atoms with van der Waals surface area (Å²) in [6, 6.07) is 5.87. The molecule has 1 saturated heterocycles. The summed E-state index contributed by atoms with van der Waals surface area (Å²) >= 11 is 1.21. The molecule has 0 radical (unpaired) electrons. The lowest BCUT2D eigenvalue weighted by Gasteiger charge is -2.31. The molecule has 0 spiro atoms. The zero-order valence-corrected chi connectivity index (χ0v) is 13.3. The molecule has 1 amide bonds. The van der Waals surface area contributed by atoms with Crippen LogP contribution in [-0.2, 0) is 0 Å². The minimum absolute atomic E-state index is 0.0506. The monoisotopic (exact) mass is 340 g/mol. The summed E-state index contributed by atoms with van der Waals surface area (Å²) in [7, 11) is 0. The van der Waals surface area contributed by atoms with Crippen molar-refractivity contribution in [2.75, 3.05) is 13.1 Å². The van der Waals surface area contributed by atoms with Gasteiger partial charge in [0, 0.05) is 31.5 Å². The van der Waals surface area contributed by atoms with Crippen LogP contribution < -0.4 is 0 Å². The Morgan fingerprint density at radius 1 is 1.22 bits per heavy atom. The minimum atomic E-state index is -2.68. The number of likely N-dealkylation sites (tertiary alicyclic amines) is 1. The Kier molecular flexibility index (Phi) is 4.14. The highest BCUT2D eigenvalue weighted by molar-refractivity contribution is 7.17. The van der Waals surface area contributed by atoms with Crippen LogP contribution in [0, 0.1) is 12.7 Å². The molecule has 2 aromatic rings. The third kappa shape index (κ3) is 3.39. The molecule has 7 heteroatoms. The van der Waals surface area contributed by atoms with Crippen LogP contribution in [0.3, 0.4) is 0 Å². The summed E-state index contributed by atoms with van der Waals surface area (Å²) in [5, 5.41) is 0.619. The number of nitrogens with zero attached hydrogens (tertiary/aromatic N) is 2. The summed E-state index contributed by atoms with van der Waals surface area (Å²) in [5.74, 6) is -3.28. The van der Waals surface area contributed by atoms with Gasteiger partial charge < -0.3 is 4.90 Å². The maximum Gasteiger partial charge on any atom is 0.265 e. The molecule has 3 rings (SSSR count). The number of halogens is 3. The van der Waals surface area contributed by atoms with Gasteiger partial charge >= 0.3 is 0 Å². The van der Waals surface area contributed by atoms with Gasteiger partial charge in [-0.25, -0.2) is 18.2 Å². The average Bonchev–Trinajstić information content (AvgIpc) is 2.89. The Bertz CT molecular complexity index is 717. The van der Waals surface area contributed by atoms with Crippen LogP contribution in [0.5, 0.6) is 0 Å². The number of aryl methyl sites for hydroxylation is 1. The number of amides is 1. The van der Waals surface area contributed by atoms with Gasteiger partial charge in [0.2, 0.25) is 0 Å². The maximum atomic E-state index is 13.2. The number of hydrogen-bond acceptors (Lipinski definition) is 3. The first-order valence-electron chi connectivity index (χ1n) is 7.26. The summed E-state index contributed by atoms with van der Waals surface area (Å²) in [5.41, 5.74) is 1.29. The maximum absolute atomic E-state index is 13.2. The number of carbonyl (C=O) groups is 1. The smallest absolute Gasteiger partial charge is 0.265 e. The van der Waals surface area contributed by atoms with Gasteiger partial charge in [0.1, 0.15) is 15.7 Å². The molecule has 3 nitrogen and oxygen atoms in total. The molecule has 0 saturated carbocycles. The molecule has 1 aliphatic heterocycles. The fourth-order valence-corrected chi connectivity index (χ4v) is 3.53. The number of piperidine rings is 1. The second-order valence-corrected chi connectivity index (χ2v) is 6.59. The van der Waals surface area contributed by atoms with E-state index in [2.05, 4.69) is 4.98 Å². The van der Waals surface area contributed by atoms with Gasteiger partial charge in [0.25, 0.3) is 11.8 Å². The molecule has 1 fully saturated rings. The first-order chi connectivity index (χ1) is 10.9. The third-order valence-corrected chi connectivity index (χ3v) is 5.06. The molecule has 1 aliphatic rings. The third-order valence-electron chi connectivity index (χ3n) is 3.86. The van der Waals surface area contributed by atoms with Crippen LogP contribution >= 0.6 is 11.3 Å². The molecule has 0 atom stereocenters. The normalized spacial score (nSPS) is 17.3. The highest BCUT2D eigenvalue weighted by Gasteiger charge is 2.36. The number of aromatic nitrogens is 1. The van der Waals surface area contributed by atoms with Crippen molar-refractivity contribution >= 4 is 17.2 Å². The summed E-state index contributed by atoms with van der Waals surface area (Å²) in [6.07, 6.45) is -0.608. The molecular weight excluding hydrogens is 325 g/mol. The standard InChI is InChI=1S/C16H15F3N2OS/c1-10-13(15(22)21-8-6-16(18,19)7-9-21)23-14(20-10)11-2-4-12(17)5-3-11/h2-5H,6-9H2,1H3. The molecule has 122 valence electrons. The van der Waals surface area contributed by atoms with E-state index in [9.17, 15) is 18.0 Å². The number of thiazole rings is 1. The fraction of sp³-hybridized carbons (Fsp3) is 0.375. The van der Waals surface area contributed by atoms with E-state index in [4.69, 9.17) is 0 Å². The molecule has 1 aromatic heterocycles. The van der Waals surface area contributed by atoms with Crippen molar-refractivity contribution in [1.82, 2.24) is 9.88 Å². The van der Waals surface area contributed by atoms with E-state index in [0.29, 0.717) is 15.6 Å². The highest BCUT2D eigenvalue weighted by atomic mass is 32.1. The summed E-state index contributed by atoms with van der Waals surface area (Å²) < 4.78 is 39.4. The van der Waals surface area contributed by atoms with Crippen molar-refractivity contribution in [1.29, 1.82) is 0 Å². The largest absolute Gasteiger partial charge is 0.337 e. The zero-order valence-electron chi connectivity index (χ0n) is 12.5. The summed E-state index contributed by atoms with van der Waals surface area (Å²) in [6.45, 7) is 1.82. The molecule has 0 N–H and O–H groups in total. The van der Waals surface area contributed by atoms with Gasteiger partial charge in [-0.2, -0.15) is 0 Å². The number of hydrogen-bond donors (Lipinski definition) is 0. The SMILES string of the molecule is Cc1nc(-c2ccc(F)cc2)sc1C(=O)N1CCC(F)(F)CC1. The zero-order chi connectivity index (χ0) is 16.6. The van der Waals surface area contributed by atoms with Crippen molar-refractivity contribution in [2.24, 2.45) is 0 Å². The number of alkyl halides is 2. The predicted molar refractivity (Wildman–Crippen MR) is 82.3 cm³/mol. The van der Waals surface area contributed by atoms with Gasteiger partial charge in [-0.05, 0) is 31.2 Å². The summed E-state index contributed by atoms with van der Waals surface area (Å²) in [4.78, 5) is 18.8. The van der Waals surface area contributed by atoms with E-state index >= 15 is 0 Å². The van der Waals surface area contributed by atoms with E-state index < -0.39 is 5.92 Å². The first-order valence-corrected chi connectivity index (χ1v) is 8.08. The molecule has 23 heavy (non-hydrogen) atoms. The number of rotatable bonds is 2. The van der Waals surface area contributed by atoms with Crippen LogP contribution in [0.15, 0.2) is 24.3 Å². The van der Waals surface area contributed by atoms with Crippen molar-refractivity contribution in [3.63, 3.8) is 0 Å². The van der Waals surface area contributed by atoms with E-state index in [1.807, 2.05) is 0 Å². The van der Waals surface area contributed by atoms with Crippen LogP contribution in [0.2, 0.25) is 0 Å². The van der Waals surface area contributed by atoms with Crippen molar-refractivity contribution in [2.45, 2.75) is 25.7 Å². The quantitative estimate of drug-likeness (QED) is 0.824. The Balaban J connectivity index is 1.81. The Labute approximate surface area is 135 Å². The molecule has 2 heterocycles. The van der Waals surface area contributed by atoms with Gasteiger partial charge in [0.05, 0.1) is 5.69 Å². The highest BCUT2D eigenvalue weighted by Crippen LogP contribution is 2.32. The Hall–Kier alpha value is -1.89. The Morgan fingerprint density at radius 2 is 1.83 bits per heavy atom. The van der Waals surface area contributed by atoms with Crippen LogP contribution in [0.25, 0.3) is 10.6 Å².